The first kappa shape index (κ1) is 14.9. The van der Waals surface area contributed by atoms with Crippen LogP contribution in [0.2, 0.25) is 0 Å². The molecule has 0 spiro atoms. The van der Waals surface area contributed by atoms with E-state index in [2.05, 4.69) is 5.16 Å². The van der Waals surface area contributed by atoms with Gasteiger partial charge in [0, 0.05) is 24.7 Å². The maximum Gasteiger partial charge on any atom is 0.311 e. The highest BCUT2D eigenvalue weighted by Gasteiger charge is 2.56. The number of amides is 1. The fraction of sp³-hybridized carbons (Fsp3) is 0.389. The number of hydrogen-bond donors (Lipinski definition) is 1. The lowest BCUT2D eigenvalue weighted by Crippen LogP contribution is -2.37. The zero-order chi connectivity index (χ0) is 16.7. The Morgan fingerprint density at radius 1 is 1.29 bits per heavy atom. The lowest BCUT2D eigenvalue weighted by atomic mass is 9.81. The van der Waals surface area contributed by atoms with Crippen LogP contribution >= 0.6 is 0 Å². The van der Waals surface area contributed by atoms with Gasteiger partial charge in [0.1, 0.15) is 5.69 Å². The van der Waals surface area contributed by atoms with Gasteiger partial charge in [-0.1, -0.05) is 41.9 Å². The first-order chi connectivity index (χ1) is 11.6. The number of aliphatic carboxylic acids is 1. The maximum absolute atomic E-state index is 12.7. The van der Waals surface area contributed by atoms with Crippen molar-refractivity contribution in [3.63, 3.8) is 0 Å². The average Bonchev–Trinajstić information content (AvgIpc) is 3.29. The van der Waals surface area contributed by atoms with E-state index >= 15 is 0 Å². The SMILES string of the molecule is O=C(c1cc(-c2ccccc2)no1)N1C[C@@H]2CCC[C@@]2(C(=O)O)C1. The predicted octanol–water partition coefficient (Wildman–Crippen LogP) is 2.67. The summed E-state index contributed by atoms with van der Waals surface area (Å²) in [5.74, 6) is -0.868. The Hall–Kier alpha value is -2.63. The van der Waals surface area contributed by atoms with Gasteiger partial charge in [0.2, 0.25) is 5.76 Å². The fourth-order valence-electron chi connectivity index (χ4n) is 4.07. The van der Waals surface area contributed by atoms with E-state index in [0.717, 1.165) is 18.4 Å². The standard InChI is InChI=1S/C18H18N2O4/c21-16(15-9-14(19-24-15)12-5-2-1-3-6-12)20-10-13-7-4-8-18(13,11-20)17(22)23/h1-3,5-6,9,13H,4,7-8,10-11H2,(H,22,23)/t13-,18+/m0/s1. The molecule has 0 bridgehead atoms. The summed E-state index contributed by atoms with van der Waals surface area (Å²) in [6.07, 6.45) is 2.42. The van der Waals surface area contributed by atoms with Crippen molar-refractivity contribution >= 4 is 11.9 Å². The molecule has 2 atom stereocenters. The zero-order valence-electron chi connectivity index (χ0n) is 13.1. The molecule has 4 rings (SSSR count). The van der Waals surface area contributed by atoms with Crippen LogP contribution in [-0.4, -0.2) is 40.1 Å². The van der Waals surface area contributed by atoms with Crippen molar-refractivity contribution < 1.29 is 19.2 Å². The summed E-state index contributed by atoms with van der Waals surface area (Å²) in [5, 5.41) is 13.6. The molecule has 1 aliphatic heterocycles. The number of carboxylic acid groups (broad SMARTS) is 1. The van der Waals surface area contributed by atoms with Gasteiger partial charge in [0.25, 0.3) is 5.91 Å². The topological polar surface area (TPSA) is 83.6 Å². The first-order valence-corrected chi connectivity index (χ1v) is 8.15. The summed E-state index contributed by atoms with van der Waals surface area (Å²) in [5.41, 5.74) is 0.699. The quantitative estimate of drug-likeness (QED) is 0.937. The van der Waals surface area contributed by atoms with Crippen molar-refractivity contribution in [2.75, 3.05) is 13.1 Å². The molecule has 1 aromatic carbocycles. The van der Waals surface area contributed by atoms with Crippen LogP contribution in [0.1, 0.15) is 29.8 Å². The summed E-state index contributed by atoms with van der Waals surface area (Å²) >= 11 is 0. The van der Waals surface area contributed by atoms with Crippen LogP contribution in [0.4, 0.5) is 0 Å². The van der Waals surface area contributed by atoms with Crippen LogP contribution in [-0.2, 0) is 4.79 Å². The van der Waals surface area contributed by atoms with E-state index in [-0.39, 0.29) is 24.1 Å². The lowest BCUT2D eigenvalue weighted by molar-refractivity contribution is -0.149. The van der Waals surface area contributed by atoms with Gasteiger partial charge in [-0.05, 0) is 18.8 Å². The van der Waals surface area contributed by atoms with E-state index in [1.165, 1.54) is 0 Å². The number of likely N-dealkylation sites (tertiary alicyclic amines) is 1. The highest BCUT2D eigenvalue weighted by Crippen LogP contribution is 2.49. The Morgan fingerprint density at radius 2 is 2.08 bits per heavy atom. The highest BCUT2D eigenvalue weighted by molar-refractivity contribution is 5.93. The van der Waals surface area contributed by atoms with Gasteiger partial charge in [0.15, 0.2) is 0 Å². The molecule has 124 valence electrons. The predicted molar refractivity (Wildman–Crippen MR) is 85.3 cm³/mol. The molecule has 0 radical (unpaired) electrons. The van der Waals surface area contributed by atoms with E-state index in [1.54, 1.807) is 11.0 Å². The number of aromatic nitrogens is 1. The number of carboxylic acids is 1. The molecule has 6 heteroatoms. The fourth-order valence-corrected chi connectivity index (χ4v) is 4.07. The van der Waals surface area contributed by atoms with Crippen LogP contribution < -0.4 is 0 Å². The second kappa shape index (κ2) is 5.47. The van der Waals surface area contributed by atoms with Crippen molar-refractivity contribution in [2.24, 2.45) is 11.3 Å². The number of rotatable bonds is 3. The van der Waals surface area contributed by atoms with Gasteiger partial charge >= 0.3 is 5.97 Å². The summed E-state index contributed by atoms with van der Waals surface area (Å²) in [7, 11) is 0. The summed E-state index contributed by atoms with van der Waals surface area (Å²) < 4.78 is 5.22. The molecule has 2 heterocycles. The number of carbonyl (C=O) groups is 2. The molecular formula is C18H18N2O4. The molecule has 1 N–H and O–H groups in total. The Kier molecular flexibility index (Phi) is 3.40. The van der Waals surface area contributed by atoms with Crippen LogP contribution in [0.3, 0.4) is 0 Å². The van der Waals surface area contributed by atoms with Gasteiger partial charge in [-0.25, -0.2) is 0 Å². The smallest absolute Gasteiger partial charge is 0.311 e. The molecule has 1 aromatic heterocycles. The minimum Gasteiger partial charge on any atom is -0.481 e. The van der Waals surface area contributed by atoms with E-state index < -0.39 is 11.4 Å². The second-order valence-corrected chi connectivity index (χ2v) is 6.68. The molecule has 1 amide bonds. The molecule has 24 heavy (non-hydrogen) atoms. The van der Waals surface area contributed by atoms with Gasteiger partial charge in [0.05, 0.1) is 5.41 Å². The molecule has 2 fully saturated rings. The van der Waals surface area contributed by atoms with Crippen LogP contribution in [0.15, 0.2) is 40.9 Å². The Bertz CT molecular complexity index is 785. The molecule has 0 unspecified atom stereocenters. The molecule has 1 aliphatic carbocycles. The summed E-state index contributed by atoms with van der Waals surface area (Å²) in [6.45, 7) is 0.736. The molecule has 2 aromatic rings. The molecule has 1 saturated carbocycles. The highest BCUT2D eigenvalue weighted by atomic mass is 16.5. The third kappa shape index (κ3) is 2.21. The Balaban J connectivity index is 1.55. The first-order valence-electron chi connectivity index (χ1n) is 8.15. The van der Waals surface area contributed by atoms with Crippen LogP contribution in [0.5, 0.6) is 0 Å². The van der Waals surface area contributed by atoms with E-state index in [0.29, 0.717) is 18.7 Å². The normalized spacial score (nSPS) is 25.7. The van der Waals surface area contributed by atoms with Crippen molar-refractivity contribution in [2.45, 2.75) is 19.3 Å². The number of nitrogens with zero attached hydrogens (tertiary/aromatic N) is 2. The third-order valence-electron chi connectivity index (χ3n) is 5.37. The van der Waals surface area contributed by atoms with E-state index in [1.807, 2.05) is 30.3 Å². The van der Waals surface area contributed by atoms with Crippen LogP contribution in [0, 0.1) is 11.3 Å². The van der Waals surface area contributed by atoms with Gasteiger partial charge in [-0.2, -0.15) is 0 Å². The largest absolute Gasteiger partial charge is 0.481 e. The number of hydrogen-bond acceptors (Lipinski definition) is 4. The zero-order valence-corrected chi connectivity index (χ0v) is 13.1. The van der Waals surface area contributed by atoms with Gasteiger partial charge < -0.3 is 14.5 Å². The minimum atomic E-state index is -0.789. The second-order valence-electron chi connectivity index (χ2n) is 6.68. The monoisotopic (exact) mass is 326 g/mol. The number of benzene rings is 1. The van der Waals surface area contributed by atoms with Crippen LogP contribution in [0.25, 0.3) is 11.3 Å². The van der Waals surface area contributed by atoms with Crippen molar-refractivity contribution in [1.82, 2.24) is 10.1 Å². The van der Waals surface area contributed by atoms with Crippen molar-refractivity contribution in [3.05, 3.63) is 42.2 Å². The maximum atomic E-state index is 12.7. The van der Waals surface area contributed by atoms with E-state index in [9.17, 15) is 14.7 Å². The van der Waals surface area contributed by atoms with Gasteiger partial charge in [-0.3, -0.25) is 9.59 Å². The average molecular weight is 326 g/mol. The summed E-state index contributed by atoms with van der Waals surface area (Å²) in [4.78, 5) is 26.0. The van der Waals surface area contributed by atoms with Crippen molar-refractivity contribution in [3.8, 4) is 11.3 Å². The summed E-state index contributed by atoms with van der Waals surface area (Å²) in [6, 6.07) is 11.1. The number of carbonyl (C=O) groups excluding carboxylic acids is 1. The molecular weight excluding hydrogens is 308 g/mol. The Morgan fingerprint density at radius 3 is 2.79 bits per heavy atom. The molecule has 2 aliphatic rings. The molecule has 6 nitrogen and oxygen atoms in total. The van der Waals surface area contributed by atoms with Gasteiger partial charge in [-0.15, -0.1) is 0 Å². The Labute approximate surface area is 139 Å². The lowest BCUT2D eigenvalue weighted by Gasteiger charge is -2.22. The molecule has 1 saturated heterocycles. The minimum absolute atomic E-state index is 0.0375. The third-order valence-corrected chi connectivity index (χ3v) is 5.37. The number of fused-ring (bicyclic) bond motifs is 1. The van der Waals surface area contributed by atoms with Crippen molar-refractivity contribution in [1.29, 1.82) is 0 Å². The van der Waals surface area contributed by atoms with E-state index in [4.69, 9.17) is 4.52 Å².